The maximum absolute atomic E-state index is 2.58. The molecule has 1 aliphatic carbocycles. The Bertz CT molecular complexity index is 142. The van der Waals surface area contributed by atoms with Crippen molar-refractivity contribution in [1.82, 2.24) is 4.90 Å². The van der Waals surface area contributed by atoms with Gasteiger partial charge in [-0.2, -0.15) is 0 Å². The number of hydrogen-bond donors (Lipinski definition) is 0. The summed E-state index contributed by atoms with van der Waals surface area (Å²) >= 11 is 0. The molecular formula is C12H25N. The standard InChI is InChI=1S/C10H19N.C2H6/c1-8-4-3-5-9-6-7-11(2)10(8)9;1-2/h8-10H,3-7H2,1-2H3;1-2H3. The molecule has 2 fully saturated rings. The second kappa shape index (κ2) is 4.99. The molecule has 3 unspecified atom stereocenters. The van der Waals surface area contributed by atoms with E-state index in [4.69, 9.17) is 0 Å². The Balaban J connectivity index is 0.000000396. The molecule has 0 spiro atoms. The number of fused-ring (bicyclic) bond motifs is 1. The number of hydrogen-bond acceptors (Lipinski definition) is 1. The molecule has 1 aliphatic heterocycles. The molecular weight excluding hydrogens is 158 g/mol. The average molecular weight is 183 g/mol. The van der Waals surface area contributed by atoms with Crippen molar-refractivity contribution in [2.75, 3.05) is 13.6 Å². The van der Waals surface area contributed by atoms with Gasteiger partial charge in [-0.1, -0.05) is 27.2 Å². The first-order valence-electron chi connectivity index (χ1n) is 5.99. The third-order valence-corrected chi connectivity index (χ3v) is 3.66. The first-order chi connectivity index (χ1) is 6.29. The van der Waals surface area contributed by atoms with Gasteiger partial charge in [0.05, 0.1) is 0 Å². The molecule has 0 aromatic heterocycles. The fourth-order valence-corrected chi connectivity index (χ4v) is 3.14. The van der Waals surface area contributed by atoms with Crippen molar-refractivity contribution < 1.29 is 0 Å². The molecule has 0 radical (unpaired) electrons. The molecule has 13 heavy (non-hydrogen) atoms. The Morgan fingerprint density at radius 1 is 1.08 bits per heavy atom. The average Bonchev–Trinajstić information content (AvgIpc) is 2.53. The highest BCUT2D eigenvalue weighted by atomic mass is 15.2. The predicted molar refractivity (Wildman–Crippen MR) is 58.9 cm³/mol. The van der Waals surface area contributed by atoms with E-state index in [9.17, 15) is 0 Å². The van der Waals surface area contributed by atoms with E-state index in [1.807, 2.05) is 13.8 Å². The number of likely N-dealkylation sites (tertiary alicyclic amines) is 1. The largest absolute Gasteiger partial charge is 0.303 e. The summed E-state index contributed by atoms with van der Waals surface area (Å²) in [5.74, 6) is 2.00. The van der Waals surface area contributed by atoms with Gasteiger partial charge in [0.15, 0.2) is 0 Å². The van der Waals surface area contributed by atoms with Gasteiger partial charge < -0.3 is 4.90 Å². The van der Waals surface area contributed by atoms with Crippen LogP contribution in [0.5, 0.6) is 0 Å². The van der Waals surface area contributed by atoms with E-state index in [-0.39, 0.29) is 0 Å². The van der Waals surface area contributed by atoms with Gasteiger partial charge in [0.1, 0.15) is 0 Å². The van der Waals surface area contributed by atoms with E-state index in [2.05, 4.69) is 18.9 Å². The quantitative estimate of drug-likeness (QED) is 0.557. The number of rotatable bonds is 0. The van der Waals surface area contributed by atoms with E-state index in [1.165, 1.54) is 32.2 Å². The maximum Gasteiger partial charge on any atom is 0.0147 e. The summed E-state index contributed by atoms with van der Waals surface area (Å²) in [5, 5.41) is 0. The highest BCUT2D eigenvalue weighted by molar-refractivity contribution is 4.91. The molecule has 1 saturated heterocycles. The van der Waals surface area contributed by atoms with Crippen LogP contribution in [-0.4, -0.2) is 24.5 Å². The Labute approximate surface area is 83.5 Å². The highest BCUT2D eigenvalue weighted by Gasteiger charge is 2.37. The Morgan fingerprint density at radius 2 is 1.77 bits per heavy atom. The molecule has 2 rings (SSSR count). The zero-order valence-electron chi connectivity index (χ0n) is 9.71. The highest BCUT2D eigenvalue weighted by Crippen LogP contribution is 2.38. The lowest BCUT2D eigenvalue weighted by Gasteiger charge is -2.35. The van der Waals surface area contributed by atoms with Crippen LogP contribution >= 0.6 is 0 Å². The normalized spacial score (nSPS) is 39.2. The molecule has 0 aromatic rings. The van der Waals surface area contributed by atoms with Crippen LogP contribution in [0, 0.1) is 11.8 Å². The van der Waals surface area contributed by atoms with E-state index in [1.54, 1.807) is 0 Å². The number of nitrogens with zero attached hydrogens (tertiary/aromatic N) is 1. The minimum atomic E-state index is 0.934. The minimum absolute atomic E-state index is 0.934. The molecule has 2 aliphatic rings. The topological polar surface area (TPSA) is 3.24 Å². The molecule has 1 nitrogen and oxygen atoms in total. The molecule has 0 N–H and O–H groups in total. The van der Waals surface area contributed by atoms with E-state index < -0.39 is 0 Å². The summed E-state index contributed by atoms with van der Waals surface area (Å²) in [5.41, 5.74) is 0. The van der Waals surface area contributed by atoms with Crippen molar-refractivity contribution in [3.8, 4) is 0 Å². The first kappa shape index (κ1) is 11.0. The second-order valence-corrected chi connectivity index (χ2v) is 4.43. The summed E-state index contributed by atoms with van der Waals surface area (Å²) in [7, 11) is 2.30. The van der Waals surface area contributed by atoms with Crippen LogP contribution in [0.25, 0.3) is 0 Å². The van der Waals surface area contributed by atoms with Gasteiger partial charge in [0.2, 0.25) is 0 Å². The van der Waals surface area contributed by atoms with Crippen LogP contribution in [0.1, 0.15) is 46.5 Å². The van der Waals surface area contributed by atoms with Crippen molar-refractivity contribution in [2.24, 2.45) is 11.8 Å². The Hall–Kier alpha value is -0.0400. The van der Waals surface area contributed by atoms with Crippen molar-refractivity contribution >= 4 is 0 Å². The van der Waals surface area contributed by atoms with Gasteiger partial charge >= 0.3 is 0 Å². The van der Waals surface area contributed by atoms with Crippen LogP contribution in [-0.2, 0) is 0 Å². The third kappa shape index (κ3) is 2.25. The minimum Gasteiger partial charge on any atom is -0.303 e. The van der Waals surface area contributed by atoms with Crippen molar-refractivity contribution in [3.05, 3.63) is 0 Å². The van der Waals surface area contributed by atoms with Gasteiger partial charge in [0, 0.05) is 6.04 Å². The van der Waals surface area contributed by atoms with Crippen LogP contribution in [0.3, 0.4) is 0 Å². The third-order valence-electron chi connectivity index (χ3n) is 3.66. The van der Waals surface area contributed by atoms with Gasteiger partial charge in [-0.15, -0.1) is 0 Å². The summed E-state index contributed by atoms with van der Waals surface area (Å²) in [4.78, 5) is 2.58. The maximum atomic E-state index is 2.58. The van der Waals surface area contributed by atoms with Crippen molar-refractivity contribution in [3.63, 3.8) is 0 Å². The molecule has 0 bridgehead atoms. The molecule has 1 heteroatoms. The second-order valence-electron chi connectivity index (χ2n) is 4.43. The summed E-state index contributed by atoms with van der Waals surface area (Å²) in [6.07, 6.45) is 5.91. The van der Waals surface area contributed by atoms with Crippen LogP contribution in [0.4, 0.5) is 0 Å². The van der Waals surface area contributed by atoms with Crippen molar-refractivity contribution in [2.45, 2.75) is 52.5 Å². The van der Waals surface area contributed by atoms with Gasteiger partial charge in [-0.25, -0.2) is 0 Å². The van der Waals surface area contributed by atoms with Gasteiger partial charge in [-0.3, -0.25) is 0 Å². The van der Waals surface area contributed by atoms with Crippen LogP contribution in [0.15, 0.2) is 0 Å². The Kier molecular flexibility index (Phi) is 4.24. The smallest absolute Gasteiger partial charge is 0.0147 e. The predicted octanol–water partition coefficient (Wildman–Crippen LogP) is 3.15. The zero-order valence-corrected chi connectivity index (χ0v) is 9.71. The lowest BCUT2D eigenvalue weighted by atomic mass is 9.78. The molecule has 0 aromatic carbocycles. The molecule has 3 atom stereocenters. The van der Waals surface area contributed by atoms with Gasteiger partial charge in [-0.05, 0) is 44.7 Å². The lowest BCUT2D eigenvalue weighted by molar-refractivity contribution is 0.153. The van der Waals surface area contributed by atoms with Crippen LogP contribution in [0.2, 0.25) is 0 Å². The van der Waals surface area contributed by atoms with Gasteiger partial charge in [0.25, 0.3) is 0 Å². The molecule has 1 saturated carbocycles. The molecule has 78 valence electrons. The van der Waals surface area contributed by atoms with E-state index >= 15 is 0 Å². The fraction of sp³-hybridized carbons (Fsp3) is 1.00. The summed E-state index contributed by atoms with van der Waals surface area (Å²) in [6, 6.07) is 0.934. The van der Waals surface area contributed by atoms with Crippen molar-refractivity contribution in [1.29, 1.82) is 0 Å². The van der Waals surface area contributed by atoms with E-state index in [0.29, 0.717) is 0 Å². The SMILES string of the molecule is CC.CC1CCCC2CCN(C)C12. The zero-order chi connectivity index (χ0) is 9.84. The van der Waals surface area contributed by atoms with Crippen LogP contribution < -0.4 is 0 Å². The fourth-order valence-electron chi connectivity index (χ4n) is 3.14. The molecule has 0 amide bonds. The summed E-state index contributed by atoms with van der Waals surface area (Å²) < 4.78 is 0. The monoisotopic (exact) mass is 183 g/mol. The van der Waals surface area contributed by atoms with E-state index in [0.717, 1.165) is 17.9 Å². The summed E-state index contributed by atoms with van der Waals surface area (Å²) in [6.45, 7) is 7.78. The Morgan fingerprint density at radius 3 is 2.38 bits per heavy atom. The molecule has 1 heterocycles. The first-order valence-corrected chi connectivity index (χ1v) is 5.99. The lowest BCUT2D eigenvalue weighted by Crippen LogP contribution is -2.37.